The topological polar surface area (TPSA) is 32.3 Å². The quantitative estimate of drug-likeness (QED) is 0.697. The Morgan fingerprint density at radius 3 is 2.62 bits per heavy atom. The zero-order valence-electron chi connectivity index (χ0n) is 8.06. The van der Waals surface area contributed by atoms with Crippen molar-refractivity contribution >= 4 is 0 Å². The van der Waals surface area contributed by atoms with Crippen molar-refractivity contribution in [1.29, 1.82) is 0 Å². The molecule has 0 spiro atoms. The lowest BCUT2D eigenvalue weighted by Crippen LogP contribution is -2.54. The van der Waals surface area contributed by atoms with Crippen LogP contribution >= 0.6 is 0 Å². The summed E-state index contributed by atoms with van der Waals surface area (Å²) in [5, 5.41) is 12.3. The molecule has 78 valence electrons. The third kappa shape index (κ3) is 2.61. The van der Waals surface area contributed by atoms with E-state index in [9.17, 15) is 13.9 Å². The highest BCUT2D eigenvalue weighted by Gasteiger charge is 2.45. The van der Waals surface area contributed by atoms with Crippen LogP contribution in [0.5, 0.6) is 0 Å². The fourth-order valence-corrected chi connectivity index (χ4v) is 1.76. The average Bonchev–Trinajstić information content (AvgIpc) is 1.98. The van der Waals surface area contributed by atoms with Gasteiger partial charge in [0.2, 0.25) is 0 Å². The van der Waals surface area contributed by atoms with E-state index in [1.54, 1.807) is 0 Å². The molecule has 0 heterocycles. The molecule has 0 unspecified atom stereocenters. The Kier molecular flexibility index (Phi) is 3.24. The molecule has 0 saturated heterocycles. The van der Waals surface area contributed by atoms with E-state index in [4.69, 9.17) is 0 Å². The third-order valence-corrected chi connectivity index (χ3v) is 2.39. The van der Waals surface area contributed by atoms with Crippen molar-refractivity contribution in [2.75, 3.05) is 0 Å². The lowest BCUT2D eigenvalue weighted by Gasteiger charge is -2.35. The van der Waals surface area contributed by atoms with Crippen LogP contribution in [0.1, 0.15) is 33.1 Å². The Balaban J connectivity index is 2.55. The van der Waals surface area contributed by atoms with Gasteiger partial charge in [-0.2, -0.15) is 0 Å². The van der Waals surface area contributed by atoms with E-state index in [-0.39, 0.29) is 12.5 Å². The summed E-state index contributed by atoms with van der Waals surface area (Å²) in [5.74, 6) is -2.91. The number of aliphatic hydroxyl groups is 1. The monoisotopic (exact) mass is 193 g/mol. The SMILES string of the molecule is CC(C)N[C@H]1CCCC(F)(F)[C@@H]1O. The summed E-state index contributed by atoms with van der Waals surface area (Å²) in [6, 6.07) is -0.322. The van der Waals surface area contributed by atoms with Crippen molar-refractivity contribution < 1.29 is 13.9 Å². The Bertz CT molecular complexity index is 173. The summed E-state index contributed by atoms with van der Waals surface area (Å²) in [6.45, 7) is 3.78. The van der Waals surface area contributed by atoms with Gasteiger partial charge in [-0.15, -0.1) is 0 Å². The maximum absolute atomic E-state index is 13.0. The molecule has 13 heavy (non-hydrogen) atoms. The first-order valence-corrected chi connectivity index (χ1v) is 4.75. The van der Waals surface area contributed by atoms with Crippen LogP contribution in [0.4, 0.5) is 8.78 Å². The highest BCUT2D eigenvalue weighted by Crippen LogP contribution is 2.33. The Hall–Kier alpha value is -0.220. The second kappa shape index (κ2) is 3.88. The summed E-state index contributed by atoms with van der Waals surface area (Å²) in [7, 11) is 0. The molecule has 2 nitrogen and oxygen atoms in total. The number of rotatable bonds is 2. The fourth-order valence-electron chi connectivity index (χ4n) is 1.76. The maximum atomic E-state index is 13.0. The highest BCUT2D eigenvalue weighted by atomic mass is 19.3. The van der Waals surface area contributed by atoms with E-state index in [1.807, 2.05) is 13.8 Å². The molecule has 0 radical (unpaired) electrons. The largest absolute Gasteiger partial charge is 0.385 e. The predicted octanol–water partition coefficient (Wildman–Crippen LogP) is 1.53. The van der Waals surface area contributed by atoms with Gasteiger partial charge in [-0.3, -0.25) is 0 Å². The zero-order chi connectivity index (χ0) is 10.1. The molecule has 0 bridgehead atoms. The van der Waals surface area contributed by atoms with Gasteiger partial charge in [-0.1, -0.05) is 13.8 Å². The van der Waals surface area contributed by atoms with Gasteiger partial charge < -0.3 is 10.4 Å². The van der Waals surface area contributed by atoms with Crippen LogP contribution in [0.3, 0.4) is 0 Å². The van der Waals surface area contributed by atoms with Gasteiger partial charge in [0.05, 0.1) is 0 Å². The van der Waals surface area contributed by atoms with Crippen LogP contribution in [0.15, 0.2) is 0 Å². The van der Waals surface area contributed by atoms with Crippen LogP contribution < -0.4 is 5.32 Å². The molecule has 0 aromatic heterocycles. The molecule has 0 amide bonds. The summed E-state index contributed by atoms with van der Waals surface area (Å²) in [6.07, 6.45) is -0.600. The van der Waals surface area contributed by atoms with Gasteiger partial charge >= 0.3 is 0 Å². The van der Waals surface area contributed by atoms with E-state index in [1.165, 1.54) is 0 Å². The van der Waals surface area contributed by atoms with Crippen LogP contribution in [0.2, 0.25) is 0 Å². The normalized spacial score (nSPS) is 33.7. The number of halogens is 2. The second-order valence-corrected chi connectivity index (χ2v) is 4.03. The number of alkyl halides is 2. The van der Waals surface area contributed by atoms with Gasteiger partial charge in [-0.25, -0.2) is 8.78 Å². The van der Waals surface area contributed by atoms with Crippen LogP contribution in [-0.2, 0) is 0 Å². The van der Waals surface area contributed by atoms with E-state index >= 15 is 0 Å². The van der Waals surface area contributed by atoms with Crippen molar-refractivity contribution in [3.8, 4) is 0 Å². The second-order valence-electron chi connectivity index (χ2n) is 4.03. The zero-order valence-corrected chi connectivity index (χ0v) is 8.06. The van der Waals surface area contributed by atoms with E-state index in [2.05, 4.69) is 5.32 Å². The first-order valence-electron chi connectivity index (χ1n) is 4.75. The summed E-state index contributed by atoms with van der Waals surface area (Å²) < 4.78 is 26.0. The van der Waals surface area contributed by atoms with E-state index in [0.717, 1.165) is 0 Å². The van der Waals surface area contributed by atoms with Gasteiger partial charge in [0.1, 0.15) is 6.10 Å². The van der Waals surface area contributed by atoms with Crippen molar-refractivity contribution in [3.05, 3.63) is 0 Å². The minimum atomic E-state index is -2.91. The number of nitrogens with one attached hydrogen (secondary N) is 1. The molecule has 0 aromatic rings. The molecule has 0 aromatic carbocycles. The third-order valence-electron chi connectivity index (χ3n) is 2.39. The van der Waals surface area contributed by atoms with Gasteiger partial charge in [0.25, 0.3) is 5.92 Å². The van der Waals surface area contributed by atoms with Crippen molar-refractivity contribution in [2.45, 2.75) is 57.2 Å². The Morgan fingerprint density at radius 2 is 2.08 bits per heavy atom. The average molecular weight is 193 g/mol. The molecule has 1 aliphatic rings. The van der Waals surface area contributed by atoms with Gasteiger partial charge in [-0.05, 0) is 12.8 Å². The van der Waals surface area contributed by atoms with Crippen molar-refractivity contribution in [2.24, 2.45) is 0 Å². The van der Waals surface area contributed by atoms with Crippen LogP contribution in [-0.4, -0.2) is 29.2 Å². The molecular weight excluding hydrogens is 176 g/mol. The summed E-state index contributed by atoms with van der Waals surface area (Å²) >= 11 is 0. The molecule has 2 atom stereocenters. The van der Waals surface area contributed by atoms with Crippen molar-refractivity contribution in [1.82, 2.24) is 5.32 Å². The first kappa shape index (κ1) is 10.9. The number of aliphatic hydroxyl groups excluding tert-OH is 1. The molecule has 2 N–H and O–H groups in total. The molecular formula is C9H17F2NO. The fraction of sp³-hybridized carbons (Fsp3) is 1.00. The molecule has 4 heteroatoms. The molecule has 1 aliphatic carbocycles. The summed E-state index contributed by atoms with van der Waals surface area (Å²) in [4.78, 5) is 0. The maximum Gasteiger partial charge on any atom is 0.274 e. The standard InChI is InChI=1S/C9H17F2NO/c1-6(2)12-7-4-3-5-9(10,11)8(7)13/h6-8,12-13H,3-5H2,1-2H3/t7-,8+/m0/s1. The highest BCUT2D eigenvalue weighted by molar-refractivity contribution is 4.92. The first-order chi connectivity index (χ1) is 5.93. The molecule has 1 fully saturated rings. The number of hydrogen-bond acceptors (Lipinski definition) is 2. The van der Waals surface area contributed by atoms with E-state index < -0.39 is 18.1 Å². The lowest BCUT2D eigenvalue weighted by atomic mass is 9.89. The van der Waals surface area contributed by atoms with Crippen molar-refractivity contribution in [3.63, 3.8) is 0 Å². The molecule has 0 aliphatic heterocycles. The van der Waals surface area contributed by atoms with E-state index in [0.29, 0.717) is 12.8 Å². The minimum Gasteiger partial charge on any atom is -0.385 e. The smallest absolute Gasteiger partial charge is 0.274 e. The molecule has 1 rings (SSSR count). The minimum absolute atomic E-state index is 0.133. The summed E-state index contributed by atoms with van der Waals surface area (Å²) in [5.41, 5.74) is 0. The number of hydrogen-bond donors (Lipinski definition) is 2. The molecule has 1 saturated carbocycles. The van der Waals surface area contributed by atoms with Crippen LogP contribution in [0, 0.1) is 0 Å². The van der Waals surface area contributed by atoms with Gasteiger partial charge in [0, 0.05) is 18.5 Å². The Labute approximate surface area is 77.3 Å². The lowest BCUT2D eigenvalue weighted by molar-refractivity contribution is -0.144. The van der Waals surface area contributed by atoms with Gasteiger partial charge in [0.15, 0.2) is 0 Å². The predicted molar refractivity (Wildman–Crippen MR) is 46.9 cm³/mol. The van der Waals surface area contributed by atoms with Crippen LogP contribution in [0.25, 0.3) is 0 Å². The Morgan fingerprint density at radius 1 is 1.46 bits per heavy atom.